The van der Waals surface area contributed by atoms with E-state index in [0.717, 1.165) is 11.1 Å². The number of benzene rings is 1. The second-order valence-corrected chi connectivity index (χ2v) is 3.03. The number of hydrogen-bond acceptors (Lipinski definition) is 2. The maximum Gasteiger partial charge on any atom is 0.134 e. The van der Waals surface area contributed by atoms with E-state index < -0.39 is 0 Å². The molecule has 0 spiro atoms. The van der Waals surface area contributed by atoms with Gasteiger partial charge in [0.15, 0.2) is 0 Å². The van der Waals surface area contributed by atoms with Crippen LogP contribution in [0, 0.1) is 11.3 Å². The minimum absolute atomic E-state index is 0.160. The molecule has 0 heterocycles. The largest absolute Gasteiger partial charge is 0.300 e. The molecule has 1 aromatic rings. The molecule has 0 aliphatic carbocycles. The maximum absolute atomic E-state index is 10.8. The predicted octanol–water partition coefficient (Wildman–Crippen LogP) is 2.69. The Hall–Kier alpha value is -1.88. The monoisotopic (exact) mass is 201 g/mol. The highest BCUT2D eigenvalue weighted by atomic mass is 16.1. The number of rotatable bonds is 3. The van der Waals surface area contributed by atoms with Gasteiger partial charge in [0.1, 0.15) is 5.78 Å². The van der Waals surface area contributed by atoms with Crippen molar-refractivity contribution in [3.63, 3.8) is 0 Å². The Morgan fingerprint density at radius 1 is 1.27 bits per heavy atom. The van der Waals surface area contributed by atoms with Crippen molar-refractivity contribution < 1.29 is 4.79 Å². The third-order valence-electron chi connectivity index (χ3n) is 1.76. The standard InChI is InChI=1S/C11H11NO.C2H4/c1-9(13)8-11-4-2-10(3-5-11)6-7-12;1-2/h2-5H,6,8H2,1H3;1-2H2. The fraction of sp³-hybridized carbons (Fsp3) is 0.231. The molecule has 0 saturated heterocycles. The van der Waals surface area contributed by atoms with Crippen LogP contribution in [0.1, 0.15) is 18.1 Å². The summed E-state index contributed by atoms with van der Waals surface area (Å²) in [6.07, 6.45) is 0.910. The van der Waals surface area contributed by atoms with Crippen molar-refractivity contribution in [2.45, 2.75) is 19.8 Å². The Kier molecular flexibility index (Phi) is 6.57. The van der Waals surface area contributed by atoms with E-state index in [2.05, 4.69) is 19.2 Å². The number of carbonyl (C=O) groups is 1. The van der Waals surface area contributed by atoms with Gasteiger partial charge in [0.05, 0.1) is 12.5 Å². The van der Waals surface area contributed by atoms with Crippen LogP contribution in [0.3, 0.4) is 0 Å². The quantitative estimate of drug-likeness (QED) is 0.705. The molecular weight excluding hydrogens is 186 g/mol. The summed E-state index contributed by atoms with van der Waals surface area (Å²) >= 11 is 0. The zero-order valence-corrected chi connectivity index (χ0v) is 8.99. The summed E-state index contributed by atoms with van der Waals surface area (Å²) in [4.78, 5) is 10.8. The third kappa shape index (κ3) is 5.43. The first-order chi connectivity index (χ1) is 7.22. The third-order valence-corrected chi connectivity index (χ3v) is 1.76. The van der Waals surface area contributed by atoms with Crippen LogP contribution >= 0.6 is 0 Å². The summed E-state index contributed by atoms with van der Waals surface area (Å²) in [6.45, 7) is 7.57. The number of nitrogens with zero attached hydrogens (tertiary/aromatic N) is 1. The second-order valence-electron chi connectivity index (χ2n) is 3.03. The Bertz CT molecular complexity index is 346. The molecule has 0 aliphatic rings. The number of hydrogen-bond donors (Lipinski definition) is 0. The van der Waals surface area contributed by atoms with E-state index in [4.69, 9.17) is 5.26 Å². The summed E-state index contributed by atoms with van der Waals surface area (Å²) < 4.78 is 0. The molecule has 2 heteroatoms. The Morgan fingerprint density at radius 2 is 1.73 bits per heavy atom. The smallest absolute Gasteiger partial charge is 0.134 e. The number of carbonyl (C=O) groups excluding carboxylic acids is 1. The summed E-state index contributed by atoms with van der Waals surface area (Å²) in [6, 6.07) is 9.65. The van der Waals surface area contributed by atoms with Crippen LogP contribution in [0.15, 0.2) is 37.4 Å². The van der Waals surface area contributed by atoms with E-state index in [1.165, 1.54) is 0 Å². The van der Waals surface area contributed by atoms with E-state index >= 15 is 0 Å². The molecule has 0 aromatic heterocycles. The van der Waals surface area contributed by atoms with E-state index in [1.54, 1.807) is 6.92 Å². The molecule has 0 saturated carbocycles. The summed E-state index contributed by atoms with van der Waals surface area (Å²) in [7, 11) is 0. The van der Waals surface area contributed by atoms with E-state index in [0.29, 0.717) is 12.8 Å². The van der Waals surface area contributed by atoms with Crippen LogP contribution in [0.2, 0.25) is 0 Å². The van der Waals surface area contributed by atoms with Crippen LogP contribution in [-0.4, -0.2) is 5.78 Å². The van der Waals surface area contributed by atoms with E-state index in [9.17, 15) is 4.79 Å². The molecule has 1 aromatic carbocycles. The van der Waals surface area contributed by atoms with Gasteiger partial charge in [0.25, 0.3) is 0 Å². The lowest BCUT2D eigenvalue weighted by atomic mass is 10.1. The number of nitriles is 1. The first kappa shape index (κ1) is 13.1. The Balaban J connectivity index is 0.000000921. The van der Waals surface area contributed by atoms with Gasteiger partial charge >= 0.3 is 0 Å². The van der Waals surface area contributed by atoms with Crippen molar-refractivity contribution in [2.75, 3.05) is 0 Å². The first-order valence-corrected chi connectivity index (χ1v) is 4.66. The van der Waals surface area contributed by atoms with Gasteiger partial charge in [-0.25, -0.2) is 0 Å². The minimum Gasteiger partial charge on any atom is -0.300 e. The van der Waals surface area contributed by atoms with Gasteiger partial charge < -0.3 is 0 Å². The van der Waals surface area contributed by atoms with E-state index in [-0.39, 0.29) is 5.78 Å². The highest BCUT2D eigenvalue weighted by Crippen LogP contribution is 2.05. The molecule has 0 amide bonds. The minimum atomic E-state index is 0.160. The van der Waals surface area contributed by atoms with Crippen molar-refractivity contribution in [2.24, 2.45) is 0 Å². The maximum atomic E-state index is 10.8. The van der Waals surface area contributed by atoms with Gasteiger partial charge in [-0.1, -0.05) is 24.3 Å². The van der Waals surface area contributed by atoms with Crippen molar-refractivity contribution >= 4 is 5.78 Å². The molecule has 0 atom stereocenters. The van der Waals surface area contributed by atoms with Crippen molar-refractivity contribution in [3.05, 3.63) is 48.6 Å². The Morgan fingerprint density at radius 3 is 2.13 bits per heavy atom. The molecule has 0 N–H and O–H groups in total. The van der Waals surface area contributed by atoms with Gasteiger partial charge in [-0.15, -0.1) is 13.2 Å². The summed E-state index contributed by atoms with van der Waals surface area (Å²) in [5.74, 6) is 0.160. The molecule has 1 rings (SSSR count). The highest BCUT2D eigenvalue weighted by molar-refractivity contribution is 5.78. The van der Waals surface area contributed by atoms with Gasteiger partial charge in [0.2, 0.25) is 0 Å². The lowest BCUT2D eigenvalue weighted by Gasteiger charge is -1.98. The molecule has 15 heavy (non-hydrogen) atoms. The normalized spacial score (nSPS) is 8.27. The molecule has 0 radical (unpaired) electrons. The fourth-order valence-corrected chi connectivity index (χ4v) is 1.15. The SMILES string of the molecule is C=C.CC(=O)Cc1ccc(CC#N)cc1. The molecule has 0 bridgehead atoms. The van der Waals surface area contributed by atoms with Crippen LogP contribution < -0.4 is 0 Å². The van der Waals surface area contributed by atoms with Crippen LogP contribution in [-0.2, 0) is 17.6 Å². The molecular formula is C13H15NO. The van der Waals surface area contributed by atoms with Gasteiger partial charge in [-0.2, -0.15) is 5.26 Å². The lowest BCUT2D eigenvalue weighted by molar-refractivity contribution is -0.116. The molecule has 0 unspecified atom stereocenters. The first-order valence-electron chi connectivity index (χ1n) is 4.66. The fourth-order valence-electron chi connectivity index (χ4n) is 1.15. The average Bonchev–Trinajstić information content (AvgIpc) is 2.24. The molecule has 78 valence electrons. The zero-order chi connectivity index (χ0) is 11.7. The average molecular weight is 201 g/mol. The van der Waals surface area contributed by atoms with Gasteiger partial charge in [0, 0.05) is 6.42 Å². The van der Waals surface area contributed by atoms with Crippen LogP contribution in [0.5, 0.6) is 0 Å². The highest BCUT2D eigenvalue weighted by Gasteiger charge is 1.97. The van der Waals surface area contributed by atoms with Crippen molar-refractivity contribution in [1.82, 2.24) is 0 Å². The molecule has 0 fully saturated rings. The summed E-state index contributed by atoms with van der Waals surface area (Å²) in [5.41, 5.74) is 2.00. The van der Waals surface area contributed by atoms with Gasteiger partial charge in [-0.3, -0.25) is 4.79 Å². The topological polar surface area (TPSA) is 40.9 Å². The van der Waals surface area contributed by atoms with Crippen molar-refractivity contribution in [3.8, 4) is 6.07 Å². The van der Waals surface area contributed by atoms with Gasteiger partial charge in [-0.05, 0) is 18.1 Å². The van der Waals surface area contributed by atoms with E-state index in [1.807, 2.05) is 24.3 Å². The van der Waals surface area contributed by atoms with Crippen LogP contribution in [0.25, 0.3) is 0 Å². The molecule has 2 nitrogen and oxygen atoms in total. The molecule has 0 aliphatic heterocycles. The second kappa shape index (κ2) is 7.52. The number of ketones is 1. The Labute approximate surface area is 90.9 Å². The zero-order valence-electron chi connectivity index (χ0n) is 8.99. The van der Waals surface area contributed by atoms with Crippen LogP contribution in [0.4, 0.5) is 0 Å². The predicted molar refractivity (Wildman–Crippen MR) is 61.4 cm³/mol. The lowest BCUT2D eigenvalue weighted by Crippen LogP contribution is -1.95. The van der Waals surface area contributed by atoms with Crippen molar-refractivity contribution in [1.29, 1.82) is 5.26 Å². The summed E-state index contributed by atoms with van der Waals surface area (Å²) in [5, 5.41) is 8.43. The number of Topliss-reactive ketones (excluding diaryl/α,β-unsaturated/α-hetero) is 1.